The number of carbonyl (C=O) groups is 2. The Morgan fingerprint density at radius 1 is 1.28 bits per heavy atom. The average molecular weight is 253 g/mol. The van der Waals surface area contributed by atoms with E-state index in [4.69, 9.17) is 10.2 Å². The smallest absolute Gasteiger partial charge is 0.326 e. The van der Waals surface area contributed by atoms with Crippen molar-refractivity contribution in [2.24, 2.45) is 0 Å². The number of amides is 1. The molecule has 0 bridgehead atoms. The van der Waals surface area contributed by atoms with E-state index in [1.54, 1.807) is 6.92 Å². The fraction of sp³-hybridized carbons (Fsp3) is 0.333. The Morgan fingerprint density at radius 3 is 2.33 bits per heavy atom. The molecule has 1 atom stereocenters. The van der Waals surface area contributed by atoms with Gasteiger partial charge < -0.3 is 20.2 Å². The van der Waals surface area contributed by atoms with Gasteiger partial charge in [0, 0.05) is 12.6 Å². The number of nitrogens with zero attached hydrogens (tertiary/aromatic N) is 1. The Kier molecular flexibility index (Phi) is 4.14. The van der Waals surface area contributed by atoms with Crippen molar-refractivity contribution in [3.63, 3.8) is 0 Å². The molecule has 0 aliphatic carbocycles. The van der Waals surface area contributed by atoms with Crippen LogP contribution in [0.25, 0.3) is 0 Å². The van der Waals surface area contributed by atoms with Crippen molar-refractivity contribution in [3.8, 4) is 11.5 Å². The zero-order chi connectivity index (χ0) is 13.9. The second kappa shape index (κ2) is 5.39. The van der Waals surface area contributed by atoms with Gasteiger partial charge in [0.1, 0.15) is 6.04 Å². The van der Waals surface area contributed by atoms with Gasteiger partial charge in [0.25, 0.3) is 5.91 Å². The molecule has 1 unspecified atom stereocenters. The molecule has 98 valence electrons. The van der Waals surface area contributed by atoms with Crippen molar-refractivity contribution < 1.29 is 24.9 Å². The van der Waals surface area contributed by atoms with Gasteiger partial charge in [0.15, 0.2) is 11.5 Å². The predicted octanol–water partition coefficient (Wildman–Crippen LogP) is 1.03. The Labute approximate surface area is 104 Å². The summed E-state index contributed by atoms with van der Waals surface area (Å²) in [6, 6.07) is 2.68. The highest BCUT2D eigenvalue weighted by Crippen LogP contribution is 2.25. The number of aromatic hydroxyl groups is 2. The number of carboxylic acids is 1. The highest BCUT2D eigenvalue weighted by Gasteiger charge is 2.25. The van der Waals surface area contributed by atoms with E-state index in [9.17, 15) is 14.7 Å². The van der Waals surface area contributed by atoms with Crippen molar-refractivity contribution >= 4 is 11.9 Å². The fourth-order valence-electron chi connectivity index (χ4n) is 1.62. The minimum atomic E-state index is -1.09. The summed E-state index contributed by atoms with van der Waals surface area (Å²) in [5.74, 6) is -2.37. The summed E-state index contributed by atoms with van der Waals surface area (Å²) in [6.07, 6.45) is 0.279. The molecule has 0 heterocycles. The molecule has 6 nitrogen and oxygen atoms in total. The van der Waals surface area contributed by atoms with E-state index in [-0.39, 0.29) is 17.7 Å². The molecule has 1 aromatic rings. The maximum absolute atomic E-state index is 12.0. The zero-order valence-corrected chi connectivity index (χ0v) is 10.1. The van der Waals surface area contributed by atoms with Crippen molar-refractivity contribution in [1.82, 2.24) is 4.90 Å². The molecule has 1 amide bonds. The molecule has 0 spiro atoms. The molecular weight excluding hydrogens is 238 g/mol. The molecule has 1 aromatic carbocycles. The third-order valence-electron chi connectivity index (χ3n) is 2.68. The molecule has 6 heteroatoms. The van der Waals surface area contributed by atoms with E-state index in [0.29, 0.717) is 0 Å². The monoisotopic (exact) mass is 253 g/mol. The SMILES string of the molecule is CCC(C(=O)O)N(C)C(=O)c1ccc(O)c(O)c1. The van der Waals surface area contributed by atoms with E-state index in [0.717, 1.165) is 11.0 Å². The maximum Gasteiger partial charge on any atom is 0.326 e. The Morgan fingerprint density at radius 2 is 1.89 bits per heavy atom. The van der Waals surface area contributed by atoms with Crippen LogP contribution < -0.4 is 0 Å². The van der Waals surface area contributed by atoms with Crippen LogP contribution in [0.2, 0.25) is 0 Å². The number of benzene rings is 1. The van der Waals surface area contributed by atoms with Gasteiger partial charge in [-0.2, -0.15) is 0 Å². The Hall–Kier alpha value is -2.24. The molecule has 18 heavy (non-hydrogen) atoms. The summed E-state index contributed by atoms with van der Waals surface area (Å²) in [5.41, 5.74) is 0.118. The minimum absolute atomic E-state index is 0.118. The normalized spacial score (nSPS) is 11.9. The first kappa shape index (κ1) is 13.8. The molecular formula is C12H15NO5. The highest BCUT2D eigenvalue weighted by atomic mass is 16.4. The van der Waals surface area contributed by atoms with E-state index in [1.165, 1.54) is 19.2 Å². The lowest BCUT2D eigenvalue weighted by Crippen LogP contribution is -2.41. The van der Waals surface area contributed by atoms with Crippen LogP contribution in [0.4, 0.5) is 0 Å². The van der Waals surface area contributed by atoms with Crippen molar-refractivity contribution in [2.45, 2.75) is 19.4 Å². The van der Waals surface area contributed by atoms with Gasteiger partial charge in [-0.1, -0.05) is 6.92 Å². The minimum Gasteiger partial charge on any atom is -0.504 e. The van der Waals surface area contributed by atoms with Gasteiger partial charge in [-0.15, -0.1) is 0 Å². The number of phenolic OH excluding ortho intramolecular Hbond substituents is 2. The van der Waals surface area contributed by atoms with Crippen molar-refractivity contribution in [2.75, 3.05) is 7.05 Å². The number of likely N-dealkylation sites (N-methyl/N-ethyl adjacent to an activating group) is 1. The van der Waals surface area contributed by atoms with E-state index in [2.05, 4.69) is 0 Å². The van der Waals surface area contributed by atoms with Crippen LogP contribution in [0.1, 0.15) is 23.7 Å². The van der Waals surface area contributed by atoms with Gasteiger partial charge in [-0.25, -0.2) is 4.79 Å². The standard InChI is InChI=1S/C12H15NO5/c1-3-8(12(17)18)13(2)11(16)7-4-5-9(14)10(15)6-7/h4-6,8,14-15H,3H2,1-2H3,(H,17,18). The summed E-state index contributed by atoms with van der Waals surface area (Å²) in [7, 11) is 1.38. The van der Waals surface area contributed by atoms with Crippen LogP contribution in [0, 0.1) is 0 Å². The second-order valence-corrected chi connectivity index (χ2v) is 3.88. The summed E-state index contributed by atoms with van der Waals surface area (Å²) in [4.78, 5) is 24.0. The molecule has 0 aliphatic heterocycles. The van der Waals surface area contributed by atoms with Crippen LogP contribution in [-0.2, 0) is 4.79 Å². The van der Waals surface area contributed by atoms with Crippen LogP contribution >= 0.6 is 0 Å². The lowest BCUT2D eigenvalue weighted by Gasteiger charge is -2.23. The quantitative estimate of drug-likeness (QED) is 0.696. The number of rotatable bonds is 4. The third-order valence-corrected chi connectivity index (χ3v) is 2.68. The predicted molar refractivity (Wildman–Crippen MR) is 63.6 cm³/mol. The van der Waals surface area contributed by atoms with Crippen LogP contribution in [-0.4, -0.2) is 45.2 Å². The first-order chi connectivity index (χ1) is 8.38. The second-order valence-electron chi connectivity index (χ2n) is 3.88. The van der Waals surface area contributed by atoms with E-state index < -0.39 is 23.7 Å². The van der Waals surface area contributed by atoms with Crippen LogP contribution in [0.3, 0.4) is 0 Å². The first-order valence-corrected chi connectivity index (χ1v) is 5.40. The Bertz CT molecular complexity index is 472. The molecule has 0 saturated heterocycles. The Balaban J connectivity index is 2.99. The third kappa shape index (κ3) is 2.71. The summed E-state index contributed by atoms with van der Waals surface area (Å²) >= 11 is 0. The first-order valence-electron chi connectivity index (χ1n) is 5.40. The van der Waals surface area contributed by atoms with Crippen LogP contribution in [0.5, 0.6) is 11.5 Å². The maximum atomic E-state index is 12.0. The summed E-state index contributed by atoms with van der Waals surface area (Å²) in [6.45, 7) is 1.66. The molecule has 0 radical (unpaired) electrons. The molecule has 0 fully saturated rings. The van der Waals surface area contributed by atoms with Gasteiger partial charge in [-0.3, -0.25) is 4.79 Å². The molecule has 3 N–H and O–H groups in total. The van der Waals surface area contributed by atoms with E-state index >= 15 is 0 Å². The highest BCUT2D eigenvalue weighted by molar-refractivity contribution is 5.97. The van der Waals surface area contributed by atoms with Gasteiger partial charge in [-0.05, 0) is 24.6 Å². The summed E-state index contributed by atoms with van der Waals surface area (Å²) in [5, 5.41) is 27.4. The van der Waals surface area contributed by atoms with Gasteiger partial charge in [0.2, 0.25) is 0 Å². The topological polar surface area (TPSA) is 98.1 Å². The number of hydrogen-bond donors (Lipinski definition) is 3. The number of carbonyl (C=O) groups excluding carboxylic acids is 1. The van der Waals surface area contributed by atoms with Crippen molar-refractivity contribution in [1.29, 1.82) is 0 Å². The van der Waals surface area contributed by atoms with Crippen molar-refractivity contribution in [3.05, 3.63) is 23.8 Å². The summed E-state index contributed by atoms with van der Waals surface area (Å²) < 4.78 is 0. The molecule has 0 saturated carbocycles. The largest absolute Gasteiger partial charge is 0.504 e. The average Bonchev–Trinajstić information content (AvgIpc) is 2.32. The lowest BCUT2D eigenvalue weighted by molar-refractivity contribution is -0.142. The van der Waals surface area contributed by atoms with Gasteiger partial charge in [0.05, 0.1) is 0 Å². The number of carboxylic acid groups (broad SMARTS) is 1. The number of phenols is 2. The fourth-order valence-corrected chi connectivity index (χ4v) is 1.62. The van der Waals surface area contributed by atoms with Crippen LogP contribution in [0.15, 0.2) is 18.2 Å². The number of aliphatic carboxylic acids is 1. The van der Waals surface area contributed by atoms with Gasteiger partial charge >= 0.3 is 5.97 Å². The molecule has 1 rings (SSSR count). The van der Waals surface area contributed by atoms with E-state index in [1.807, 2.05) is 0 Å². The molecule has 0 aromatic heterocycles. The zero-order valence-electron chi connectivity index (χ0n) is 10.1. The molecule has 0 aliphatic rings. The number of hydrogen-bond acceptors (Lipinski definition) is 4. The lowest BCUT2D eigenvalue weighted by atomic mass is 10.1.